The molecular weight excluding hydrogens is 252 g/mol. The lowest BCUT2D eigenvalue weighted by Gasteiger charge is -2.22. The molecule has 0 saturated carbocycles. The lowest BCUT2D eigenvalue weighted by molar-refractivity contribution is 0.0515. The Balaban J connectivity index is 1.88. The van der Waals surface area contributed by atoms with E-state index in [2.05, 4.69) is 23.2 Å². The minimum absolute atomic E-state index is 0.417. The van der Waals surface area contributed by atoms with Crippen LogP contribution in [-0.4, -0.2) is 36.7 Å². The van der Waals surface area contributed by atoms with E-state index in [4.69, 9.17) is 4.84 Å². The molecule has 0 fully saturated rings. The molecule has 0 atom stereocenters. The number of carbonyl (C=O) groups excluding carboxylic acids is 1. The third-order valence-corrected chi connectivity index (χ3v) is 3.19. The second-order valence-corrected chi connectivity index (χ2v) is 5.14. The summed E-state index contributed by atoms with van der Waals surface area (Å²) in [4.78, 5) is 19.0. The van der Waals surface area contributed by atoms with Crippen molar-refractivity contribution < 1.29 is 9.63 Å². The molecule has 0 N–H and O–H groups in total. The highest BCUT2D eigenvalue weighted by molar-refractivity contribution is 5.90. The van der Waals surface area contributed by atoms with E-state index in [1.807, 2.05) is 13.0 Å². The summed E-state index contributed by atoms with van der Waals surface area (Å²) in [5, 5.41) is 3.93. The van der Waals surface area contributed by atoms with Gasteiger partial charge in [0.1, 0.15) is 0 Å². The van der Waals surface area contributed by atoms with Gasteiger partial charge in [-0.25, -0.2) is 4.79 Å². The van der Waals surface area contributed by atoms with Gasteiger partial charge < -0.3 is 9.74 Å². The highest BCUT2D eigenvalue weighted by Crippen LogP contribution is 2.12. The molecule has 4 nitrogen and oxygen atoms in total. The van der Waals surface area contributed by atoms with Crippen LogP contribution in [0.5, 0.6) is 0 Å². The minimum atomic E-state index is -0.417. The number of carbonyl (C=O) groups is 1. The van der Waals surface area contributed by atoms with E-state index in [-0.39, 0.29) is 0 Å². The molecule has 0 spiro atoms. The summed E-state index contributed by atoms with van der Waals surface area (Å²) in [5.41, 5.74) is 2.66. The molecule has 1 aliphatic rings. The SMILES string of the molecule is CC(CC1=CCCN(C)C1)=NOC(=O)c1ccccc1. The van der Waals surface area contributed by atoms with Crippen molar-refractivity contribution >= 4 is 11.7 Å². The molecular formula is C16H20N2O2. The van der Waals surface area contributed by atoms with Crippen molar-refractivity contribution in [1.29, 1.82) is 0 Å². The summed E-state index contributed by atoms with van der Waals surface area (Å²) < 4.78 is 0. The van der Waals surface area contributed by atoms with E-state index in [1.165, 1.54) is 5.57 Å². The van der Waals surface area contributed by atoms with Crippen molar-refractivity contribution in [1.82, 2.24) is 4.90 Å². The van der Waals surface area contributed by atoms with Crippen LogP contribution in [0.2, 0.25) is 0 Å². The van der Waals surface area contributed by atoms with E-state index < -0.39 is 5.97 Å². The molecule has 20 heavy (non-hydrogen) atoms. The zero-order valence-corrected chi connectivity index (χ0v) is 12.0. The number of nitrogens with zero attached hydrogens (tertiary/aromatic N) is 2. The molecule has 1 aromatic carbocycles. The molecule has 1 aromatic rings. The summed E-state index contributed by atoms with van der Waals surface area (Å²) in [6.07, 6.45) is 4.08. The van der Waals surface area contributed by atoms with Crippen molar-refractivity contribution in [3.05, 3.63) is 47.5 Å². The maximum absolute atomic E-state index is 11.7. The molecule has 2 rings (SSSR count). The zero-order valence-electron chi connectivity index (χ0n) is 12.0. The first kappa shape index (κ1) is 14.5. The van der Waals surface area contributed by atoms with Crippen molar-refractivity contribution in [2.45, 2.75) is 19.8 Å². The molecule has 1 heterocycles. The van der Waals surface area contributed by atoms with Crippen molar-refractivity contribution in [2.24, 2.45) is 5.16 Å². The molecule has 0 unspecified atom stereocenters. The smallest absolute Gasteiger partial charge is 0.313 e. The zero-order chi connectivity index (χ0) is 14.4. The summed E-state index contributed by atoms with van der Waals surface area (Å²) in [6.45, 7) is 3.94. The van der Waals surface area contributed by atoms with Crippen LogP contribution in [0.15, 0.2) is 47.1 Å². The van der Waals surface area contributed by atoms with Crippen LogP contribution in [0.1, 0.15) is 30.1 Å². The first-order valence-electron chi connectivity index (χ1n) is 6.81. The van der Waals surface area contributed by atoms with Gasteiger partial charge in [-0.1, -0.05) is 35.0 Å². The quantitative estimate of drug-likeness (QED) is 0.366. The third kappa shape index (κ3) is 4.31. The summed E-state index contributed by atoms with van der Waals surface area (Å²) in [6, 6.07) is 8.89. The molecule has 0 aromatic heterocycles. The Hall–Kier alpha value is -1.94. The number of rotatable bonds is 4. The van der Waals surface area contributed by atoms with Gasteiger partial charge in [-0.2, -0.15) is 0 Å². The molecule has 0 radical (unpaired) electrons. The normalized spacial score (nSPS) is 16.7. The van der Waals surface area contributed by atoms with Crippen molar-refractivity contribution in [3.8, 4) is 0 Å². The maximum atomic E-state index is 11.7. The number of hydrogen-bond acceptors (Lipinski definition) is 4. The topological polar surface area (TPSA) is 41.9 Å². The van der Waals surface area contributed by atoms with Crippen molar-refractivity contribution in [2.75, 3.05) is 20.1 Å². The van der Waals surface area contributed by atoms with Gasteiger partial charge in [0.15, 0.2) is 0 Å². The molecule has 0 saturated heterocycles. The van der Waals surface area contributed by atoms with Gasteiger partial charge in [-0.05, 0) is 32.5 Å². The Labute approximate surface area is 119 Å². The molecule has 0 aliphatic carbocycles. The Bertz CT molecular complexity index is 521. The second-order valence-electron chi connectivity index (χ2n) is 5.14. The van der Waals surface area contributed by atoms with Crippen LogP contribution in [-0.2, 0) is 4.84 Å². The van der Waals surface area contributed by atoms with Gasteiger partial charge in [0.05, 0.1) is 11.3 Å². The van der Waals surface area contributed by atoms with E-state index in [0.29, 0.717) is 5.56 Å². The first-order valence-corrected chi connectivity index (χ1v) is 6.81. The molecule has 0 bridgehead atoms. The average molecular weight is 272 g/mol. The Morgan fingerprint density at radius 2 is 2.10 bits per heavy atom. The van der Waals surface area contributed by atoms with Crippen LogP contribution in [0.4, 0.5) is 0 Å². The number of hydrogen-bond donors (Lipinski definition) is 0. The third-order valence-electron chi connectivity index (χ3n) is 3.19. The lowest BCUT2D eigenvalue weighted by atomic mass is 10.0. The second kappa shape index (κ2) is 7.01. The Kier molecular flexibility index (Phi) is 5.07. The Morgan fingerprint density at radius 3 is 2.80 bits per heavy atom. The Morgan fingerprint density at radius 1 is 1.35 bits per heavy atom. The van der Waals surface area contributed by atoms with Crippen LogP contribution >= 0.6 is 0 Å². The largest absolute Gasteiger partial charge is 0.365 e. The molecule has 0 amide bonds. The van der Waals surface area contributed by atoms with Gasteiger partial charge in [-0.15, -0.1) is 0 Å². The summed E-state index contributed by atoms with van der Waals surface area (Å²) in [5.74, 6) is -0.417. The van der Waals surface area contributed by atoms with Gasteiger partial charge in [-0.3, -0.25) is 0 Å². The van der Waals surface area contributed by atoms with Gasteiger partial charge in [0.25, 0.3) is 0 Å². The predicted octanol–water partition coefficient (Wildman–Crippen LogP) is 2.87. The highest BCUT2D eigenvalue weighted by Gasteiger charge is 2.10. The van der Waals surface area contributed by atoms with Crippen LogP contribution in [0, 0.1) is 0 Å². The van der Waals surface area contributed by atoms with Crippen LogP contribution in [0.25, 0.3) is 0 Å². The number of likely N-dealkylation sites (N-methyl/N-ethyl adjacent to an activating group) is 1. The maximum Gasteiger partial charge on any atom is 0.365 e. The number of oxime groups is 1. The van der Waals surface area contributed by atoms with Crippen LogP contribution < -0.4 is 0 Å². The minimum Gasteiger partial charge on any atom is -0.313 e. The standard InChI is InChI=1S/C16H20N2O2/c1-13(11-14-7-6-10-18(2)12-14)17-20-16(19)15-8-4-3-5-9-15/h3-5,7-9H,6,10-12H2,1-2H3. The molecule has 106 valence electrons. The van der Waals surface area contributed by atoms with Gasteiger partial charge in [0.2, 0.25) is 0 Å². The average Bonchev–Trinajstić information content (AvgIpc) is 2.46. The summed E-state index contributed by atoms with van der Waals surface area (Å²) >= 11 is 0. The van der Waals surface area contributed by atoms with E-state index in [0.717, 1.165) is 31.6 Å². The molecule has 4 heteroatoms. The molecule has 1 aliphatic heterocycles. The highest BCUT2D eigenvalue weighted by atomic mass is 16.7. The van der Waals surface area contributed by atoms with E-state index in [9.17, 15) is 4.79 Å². The van der Waals surface area contributed by atoms with E-state index >= 15 is 0 Å². The fourth-order valence-corrected chi connectivity index (χ4v) is 2.21. The number of benzene rings is 1. The summed E-state index contributed by atoms with van der Waals surface area (Å²) in [7, 11) is 2.11. The van der Waals surface area contributed by atoms with Crippen LogP contribution in [0.3, 0.4) is 0 Å². The van der Waals surface area contributed by atoms with Gasteiger partial charge in [0, 0.05) is 19.5 Å². The van der Waals surface area contributed by atoms with E-state index in [1.54, 1.807) is 24.3 Å². The fraction of sp³-hybridized carbons (Fsp3) is 0.375. The fourth-order valence-electron chi connectivity index (χ4n) is 2.21. The monoisotopic (exact) mass is 272 g/mol. The predicted molar refractivity (Wildman–Crippen MR) is 79.8 cm³/mol. The lowest BCUT2D eigenvalue weighted by Crippen LogP contribution is -2.26. The first-order chi connectivity index (χ1) is 9.65. The van der Waals surface area contributed by atoms with Crippen molar-refractivity contribution in [3.63, 3.8) is 0 Å². The van der Waals surface area contributed by atoms with Gasteiger partial charge >= 0.3 is 5.97 Å².